The molecule has 4 rings (SSSR count). The Morgan fingerprint density at radius 1 is 1.19 bits per heavy atom. The molecule has 1 fully saturated rings. The first-order valence-electron chi connectivity index (χ1n) is 8.81. The fraction of sp³-hybridized carbons (Fsp3) is 0.190. The Morgan fingerprint density at radius 2 is 1.93 bits per heavy atom. The molecular formula is C21H18N4O2. The number of amides is 1. The van der Waals surface area contributed by atoms with Crippen molar-refractivity contribution in [1.29, 1.82) is 5.26 Å². The number of carbonyl (C=O) groups excluding carboxylic acids is 1. The van der Waals surface area contributed by atoms with Crippen molar-refractivity contribution < 1.29 is 9.53 Å². The van der Waals surface area contributed by atoms with Gasteiger partial charge in [0.25, 0.3) is 5.91 Å². The van der Waals surface area contributed by atoms with E-state index in [4.69, 9.17) is 10.00 Å². The first-order chi connectivity index (χ1) is 13.2. The highest BCUT2D eigenvalue weighted by molar-refractivity contribution is 5.91. The minimum Gasteiger partial charge on any atom is -0.484 e. The molecule has 1 aromatic heterocycles. The summed E-state index contributed by atoms with van der Waals surface area (Å²) in [6.07, 6.45) is 2.28. The standard InChI is InChI=1S/C21H18N4O2/c22-13-15-6-10-18(11-7-15)27-14-21(26)23-20-12-19(16-8-9-16)24-25(20)17-4-2-1-3-5-17/h1-7,10-12,16H,8-9,14H2,(H,23,26). The largest absolute Gasteiger partial charge is 0.484 e. The van der Waals surface area contributed by atoms with E-state index in [1.54, 1.807) is 28.9 Å². The van der Waals surface area contributed by atoms with Crippen LogP contribution in [0.2, 0.25) is 0 Å². The quantitative estimate of drug-likeness (QED) is 0.729. The zero-order valence-corrected chi connectivity index (χ0v) is 14.6. The molecule has 1 amide bonds. The normalized spacial score (nSPS) is 13.0. The second-order valence-corrected chi connectivity index (χ2v) is 6.45. The molecule has 3 aromatic rings. The maximum Gasteiger partial charge on any atom is 0.263 e. The van der Waals surface area contributed by atoms with Crippen LogP contribution in [0, 0.1) is 11.3 Å². The molecule has 1 aliphatic rings. The molecule has 0 radical (unpaired) electrons. The summed E-state index contributed by atoms with van der Waals surface area (Å²) in [7, 11) is 0. The molecule has 27 heavy (non-hydrogen) atoms. The highest BCUT2D eigenvalue weighted by Gasteiger charge is 2.28. The van der Waals surface area contributed by atoms with Gasteiger partial charge in [-0.25, -0.2) is 4.68 Å². The number of para-hydroxylation sites is 1. The van der Waals surface area contributed by atoms with E-state index >= 15 is 0 Å². The van der Waals surface area contributed by atoms with Crippen molar-refractivity contribution in [2.75, 3.05) is 11.9 Å². The molecule has 0 unspecified atom stereocenters. The minimum absolute atomic E-state index is 0.120. The Hall–Kier alpha value is -3.59. The number of benzene rings is 2. The van der Waals surface area contributed by atoms with Crippen LogP contribution < -0.4 is 10.1 Å². The SMILES string of the molecule is N#Cc1ccc(OCC(=O)Nc2cc(C3CC3)nn2-c2ccccc2)cc1. The Morgan fingerprint density at radius 3 is 2.59 bits per heavy atom. The van der Waals surface area contributed by atoms with E-state index in [-0.39, 0.29) is 12.5 Å². The second kappa shape index (κ2) is 7.34. The van der Waals surface area contributed by atoms with E-state index < -0.39 is 0 Å². The number of carbonyl (C=O) groups is 1. The van der Waals surface area contributed by atoms with Gasteiger partial charge in [-0.2, -0.15) is 10.4 Å². The fourth-order valence-corrected chi connectivity index (χ4v) is 2.79. The van der Waals surface area contributed by atoms with Gasteiger partial charge in [-0.05, 0) is 49.2 Å². The minimum atomic E-state index is -0.265. The van der Waals surface area contributed by atoms with E-state index in [0.717, 1.165) is 24.2 Å². The van der Waals surface area contributed by atoms with Crippen molar-refractivity contribution in [3.8, 4) is 17.5 Å². The molecule has 1 saturated carbocycles. The molecular weight excluding hydrogens is 340 g/mol. The number of hydrogen-bond donors (Lipinski definition) is 1. The molecule has 6 heteroatoms. The lowest BCUT2D eigenvalue weighted by molar-refractivity contribution is -0.118. The molecule has 0 aliphatic heterocycles. The molecule has 0 bridgehead atoms. The maximum atomic E-state index is 12.4. The number of aromatic nitrogens is 2. The molecule has 1 N–H and O–H groups in total. The van der Waals surface area contributed by atoms with Gasteiger partial charge in [0.1, 0.15) is 11.6 Å². The summed E-state index contributed by atoms with van der Waals surface area (Å²) in [5.41, 5.74) is 2.45. The van der Waals surface area contributed by atoms with Gasteiger partial charge >= 0.3 is 0 Å². The van der Waals surface area contributed by atoms with Crippen molar-refractivity contribution >= 4 is 11.7 Å². The van der Waals surface area contributed by atoms with E-state index in [1.807, 2.05) is 42.5 Å². The van der Waals surface area contributed by atoms with Crippen LogP contribution in [-0.4, -0.2) is 22.3 Å². The van der Waals surface area contributed by atoms with E-state index in [0.29, 0.717) is 23.0 Å². The summed E-state index contributed by atoms with van der Waals surface area (Å²) < 4.78 is 7.26. The molecule has 1 heterocycles. The highest BCUT2D eigenvalue weighted by Crippen LogP contribution is 2.40. The van der Waals surface area contributed by atoms with Crippen LogP contribution in [0.25, 0.3) is 5.69 Å². The lowest BCUT2D eigenvalue weighted by Gasteiger charge is -2.10. The monoisotopic (exact) mass is 358 g/mol. The van der Waals surface area contributed by atoms with Crippen molar-refractivity contribution in [2.24, 2.45) is 0 Å². The molecule has 2 aromatic carbocycles. The van der Waals surface area contributed by atoms with Gasteiger partial charge in [-0.1, -0.05) is 18.2 Å². The molecule has 134 valence electrons. The van der Waals surface area contributed by atoms with Crippen LogP contribution >= 0.6 is 0 Å². The molecule has 0 spiro atoms. The Labute approximate surface area is 157 Å². The van der Waals surface area contributed by atoms with Gasteiger partial charge in [-0.15, -0.1) is 0 Å². The van der Waals surface area contributed by atoms with E-state index in [9.17, 15) is 4.79 Å². The van der Waals surface area contributed by atoms with Gasteiger partial charge < -0.3 is 10.1 Å². The van der Waals surface area contributed by atoms with E-state index in [2.05, 4.69) is 10.4 Å². The second-order valence-electron chi connectivity index (χ2n) is 6.45. The number of rotatable bonds is 6. The number of hydrogen-bond acceptors (Lipinski definition) is 4. The Bertz CT molecular complexity index is 983. The van der Waals surface area contributed by atoms with Crippen LogP contribution in [0.5, 0.6) is 5.75 Å². The van der Waals surface area contributed by atoms with Crippen LogP contribution in [-0.2, 0) is 4.79 Å². The summed E-state index contributed by atoms with van der Waals surface area (Å²) in [6, 6.07) is 20.3. The van der Waals surface area contributed by atoms with Crippen molar-refractivity contribution in [2.45, 2.75) is 18.8 Å². The van der Waals surface area contributed by atoms with Gasteiger partial charge in [0.05, 0.1) is 23.0 Å². The smallest absolute Gasteiger partial charge is 0.263 e. The third-order valence-electron chi connectivity index (χ3n) is 4.35. The van der Waals surface area contributed by atoms with Crippen LogP contribution in [0.3, 0.4) is 0 Å². The first kappa shape index (κ1) is 16.9. The van der Waals surface area contributed by atoms with Gasteiger partial charge in [0.15, 0.2) is 6.61 Å². The van der Waals surface area contributed by atoms with Crippen molar-refractivity contribution in [3.05, 3.63) is 71.9 Å². The van der Waals surface area contributed by atoms with Crippen LogP contribution in [0.1, 0.15) is 30.0 Å². The number of ether oxygens (including phenoxy) is 1. The molecule has 0 saturated heterocycles. The fourth-order valence-electron chi connectivity index (χ4n) is 2.79. The summed E-state index contributed by atoms with van der Waals surface area (Å²) in [5.74, 6) is 1.40. The van der Waals surface area contributed by atoms with Gasteiger partial charge in [0.2, 0.25) is 0 Å². The molecule has 1 aliphatic carbocycles. The summed E-state index contributed by atoms with van der Waals surface area (Å²) in [6.45, 7) is -0.120. The predicted molar refractivity (Wildman–Crippen MR) is 101 cm³/mol. The Kier molecular flexibility index (Phi) is 4.58. The number of nitrogens with one attached hydrogen (secondary N) is 1. The number of nitrogens with zero attached hydrogens (tertiary/aromatic N) is 3. The zero-order valence-electron chi connectivity index (χ0n) is 14.6. The third-order valence-corrected chi connectivity index (χ3v) is 4.35. The number of anilines is 1. The lowest BCUT2D eigenvalue weighted by atomic mass is 10.2. The van der Waals surface area contributed by atoms with Gasteiger partial charge in [0, 0.05) is 12.0 Å². The Balaban J connectivity index is 1.46. The average Bonchev–Trinajstić information content (AvgIpc) is 3.48. The lowest BCUT2D eigenvalue weighted by Crippen LogP contribution is -2.21. The van der Waals surface area contributed by atoms with Crippen molar-refractivity contribution in [1.82, 2.24) is 9.78 Å². The van der Waals surface area contributed by atoms with Gasteiger partial charge in [-0.3, -0.25) is 4.79 Å². The highest BCUT2D eigenvalue weighted by atomic mass is 16.5. The number of nitriles is 1. The van der Waals surface area contributed by atoms with Crippen molar-refractivity contribution in [3.63, 3.8) is 0 Å². The summed E-state index contributed by atoms with van der Waals surface area (Å²) in [4.78, 5) is 12.4. The summed E-state index contributed by atoms with van der Waals surface area (Å²) in [5, 5.41) is 16.4. The summed E-state index contributed by atoms with van der Waals surface area (Å²) >= 11 is 0. The average molecular weight is 358 g/mol. The predicted octanol–water partition coefficient (Wildman–Crippen LogP) is 3.64. The van der Waals surface area contributed by atoms with Crippen LogP contribution in [0.4, 0.5) is 5.82 Å². The first-order valence-corrected chi connectivity index (χ1v) is 8.81. The molecule has 6 nitrogen and oxygen atoms in total. The van der Waals surface area contributed by atoms with Crippen LogP contribution in [0.15, 0.2) is 60.7 Å². The maximum absolute atomic E-state index is 12.4. The van der Waals surface area contributed by atoms with E-state index in [1.165, 1.54) is 0 Å². The topological polar surface area (TPSA) is 79.9 Å². The third kappa shape index (κ3) is 3.98. The zero-order chi connectivity index (χ0) is 18.6. The molecule has 0 atom stereocenters.